The van der Waals surface area contributed by atoms with Gasteiger partial charge in [-0.2, -0.15) is 0 Å². The van der Waals surface area contributed by atoms with E-state index in [1.165, 1.54) is 12.1 Å². The van der Waals surface area contributed by atoms with Crippen molar-refractivity contribution in [1.29, 1.82) is 0 Å². The van der Waals surface area contributed by atoms with Gasteiger partial charge in [0, 0.05) is 11.1 Å². The van der Waals surface area contributed by atoms with Crippen LogP contribution in [0.25, 0.3) is 0 Å². The summed E-state index contributed by atoms with van der Waals surface area (Å²) < 4.78 is 12.9. The second-order valence-electron chi connectivity index (χ2n) is 5.57. The number of nitrogens with one attached hydrogen (secondary N) is 1. The highest BCUT2D eigenvalue weighted by atomic mass is 35.5. The number of hydrogen-bond acceptors (Lipinski definition) is 2. The summed E-state index contributed by atoms with van der Waals surface area (Å²) in [5.74, 6) is 5.23. The molecule has 0 saturated heterocycles. The summed E-state index contributed by atoms with van der Waals surface area (Å²) in [4.78, 5) is 0. The maximum absolute atomic E-state index is 12.9. The first kappa shape index (κ1) is 14.4. The highest BCUT2D eigenvalue weighted by Gasteiger charge is 2.19. The average molecular weight is 259 g/mol. The lowest BCUT2D eigenvalue weighted by Gasteiger charge is -2.25. The molecule has 0 radical (unpaired) electrons. The van der Waals surface area contributed by atoms with Crippen molar-refractivity contribution in [2.75, 3.05) is 0 Å². The molecule has 1 aromatic rings. The Bertz CT molecular complexity index is 374. The van der Waals surface area contributed by atoms with Crippen LogP contribution in [0, 0.1) is 11.2 Å². The minimum atomic E-state index is -0.313. The van der Waals surface area contributed by atoms with Crippen molar-refractivity contribution in [3.8, 4) is 0 Å². The Hall–Kier alpha value is -0.640. The number of hydrazine groups is 1. The van der Waals surface area contributed by atoms with Crippen molar-refractivity contribution in [2.24, 2.45) is 11.3 Å². The molecule has 0 aliphatic heterocycles. The van der Waals surface area contributed by atoms with Crippen molar-refractivity contribution in [3.05, 3.63) is 34.6 Å². The van der Waals surface area contributed by atoms with Crippen molar-refractivity contribution >= 4 is 11.6 Å². The molecule has 0 saturated carbocycles. The van der Waals surface area contributed by atoms with Gasteiger partial charge in [0.05, 0.1) is 0 Å². The Kier molecular flexibility index (Phi) is 4.92. The summed E-state index contributed by atoms with van der Waals surface area (Å²) in [6, 6.07) is 4.61. The zero-order valence-electron chi connectivity index (χ0n) is 10.6. The number of hydrogen-bond donors (Lipinski definition) is 2. The highest BCUT2D eigenvalue weighted by molar-refractivity contribution is 6.31. The molecule has 0 aliphatic carbocycles. The van der Waals surface area contributed by atoms with Crippen LogP contribution >= 0.6 is 11.6 Å². The minimum absolute atomic E-state index is 0.137. The van der Waals surface area contributed by atoms with Crippen molar-refractivity contribution in [1.82, 2.24) is 5.43 Å². The first-order valence-corrected chi connectivity index (χ1v) is 6.09. The lowest BCUT2D eigenvalue weighted by atomic mass is 9.86. The van der Waals surface area contributed by atoms with Crippen LogP contribution in [0.5, 0.6) is 0 Å². The van der Waals surface area contributed by atoms with Gasteiger partial charge in [-0.05, 0) is 36.0 Å². The maximum Gasteiger partial charge on any atom is 0.124 e. The molecule has 0 heterocycles. The third-order valence-electron chi connectivity index (χ3n) is 2.58. The topological polar surface area (TPSA) is 38.0 Å². The fraction of sp³-hybridized carbons (Fsp3) is 0.538. The van der Waals surface area contributed by atoms with Crippen molar-refractivity contribution < 1.29 is 4.39 Å². The molecular weight excluding hydrogens is 239 g/mol. The Morgan fingerprint density at radius 2 is 2.06 bits per heavy atom. The summed E-state index contributed by atoms with van der Waals surface area (Å²) in [7, 11) is 0. The first-order valence-electron chi connectivity index (χ1n) is 5.72. The molecule has 0 aliphatic rings. The molecule has 0 amide bonds. The van der Waals surface area contributed by atoms with E-state index in [-0.39, 0.29) is 17.3 Å². The van der Waals surface area contributed by atoms with E-state index in [0.29, 0.717) is 11.4 Å². The SMILES string of the molecule is CC(C)(C)CC(Cc1ccc(F)cc1Cl)NN. The van der Waals surface area contributed by atoms with E-state index in [4.69, 9.17) is 17.4 Å². The molecule has 0 spiro atoms. The third kappa shape index (κ3) is 5.02. The summed E-state index contributed by atoms with van der Waals surface area (Å²) in [5.41, 5.74) is 3.90. The van der Waals surface area contributed by atoms with E-state index >= 15 is 0 Å². The Morgan fingerprint density at radius 1 is 1.41 bits per heavy atom. The molecule has 0 aromatic heterocycles. The minimum Gasteiger partial charge on any atom is -0.271 e. The van der Waals surface area contributed by atoms with E-state index in [1.54, 1.807) is 6.07 Å². The summed E-state index contributed by atoms with van der Waals surface area (Å²) in [5, 5.41) is 0.458. The molecule has 1 unspecified atom stereocenters. The van der Waals surface area contributed by atoms with Crippen LogP contribution in [-0.2, 0) is 6.42 Å². The van der Waals surface area contributed by atoms with Crippen LogP contribution in [0.3, 0.4) is 0 Å². The number of rotatable bonds is 4. The van der Waals surface area contributed by atoms with Gasteiger partial charge in [-0.25, -0.2) is 4.39 Å². The Morgan fingerprint density at radius 3 is 2.53 bits per heavy atom. The fourth-order valence-corrected chi connectivity index (χ4v) is 2.13. The monoisotopic (exact) mass is 258 g/mol. The van der Waals surface area contributed by atoms with Crippen molar-refractivity contribution in [2.45, 2.75) is 39.7 Å². The van der Waals surface area contributed by atoms with Gasteiger partial charge in [0.15, 0.2) is 0 Å². The first-order chi connectivity index (χ1) is 7.81. The van der Waals surface area contributed by atoms with Crippen LogP contribution in [-0.4, -0.2) is 6.04 Å². The van der Waals surface area contributed by atoms with Gasteiger partial charge >= 0.3 is 0 Å². The predicted molar refractivity (Wildman–Crippen MR) is 70.3 cm³/mol. The van der Waals surface area contributed by atoms with Gasteiger partial charge in [0.2, 0.25) is 0 Å². The molecule has 1 atom stereocenters. The lowest BCUT2D eigenvalue weighted by molar-refractivity contribution is 0.308. The fourth-order valence-electron chi connectivity index (χ4n) is 1.88. The average Bonchev–Trinajstić information content (AvgIpc) is 2.19. The van der Waals surface area contributed by atoms with E-state index in [2.05, 4.69) is 26.2 Å². The highest BCUT2D eigenvalue weighted by Crippen LogP contribution is 2.25. The maximum atomic E-state index is 12.9. The molecule has 2 nitrogen and oxygen atoms in total. The summed E-state index contributed by atoms with van der Waals surface area (Å²) in [6.07, 6.45) is 1.63. The van der Waals surface area contributed by atoms with Gasteiger partial charge in [0.25, 0.3) is 0 Å². The van der Waals surface area contributed by atoms with Gasteiger partial charge in [-0.15, -0.1) is 0 Å². The van der Waals surface area contributed by atoms with Gasteiger partial charge < -0.3 is 0 Å². The molecule has 17 heavy (non-hydrogen) atoms. The number of nitrogens with two attached hydrogens (primary N) is 1. The van der Waals surface area contributed by atoms with Crippen molar-refractivity contribution in [3.63, 3.8) is 0 Å². The zero-order valence-corrected chi connectivity index (χ0v) is 11.3. The Labute approximate surface area is 107 Å². The number of halogens is 2. The third-order valence-corrected chi connectivity index (χ3v) is 2.93. The van der Waals surface area contributed by atoms with Gasteiger partial charge in [-0.1, -0.05) is 38.4 Å². The van der Waals surface area contributed by atoms with Crippen LogP contribution < -0.4 is 11.3 Å². The molecule has 3 N–H and O–H groups in total. The molecule has 0 fully saturated rings. The second-order valence-corrected chi connectivity index (χ2v) is 5.98. The quantitative estimate of drug-likeness (QED) is 0.643. The molecule has 1 rings (SSSR count). The Balaban J connectivity index is 2.74. The van der Waals surface area contributed by atoms with E-state index < -0.39 is 0 Å². The van der Waals surface area contributed by atoms with Crippen LogP contribution in [0.15, 0.2) is 18.2 Å². The second kappa shape index (κ2) is 5.80. The predicted octanol–water partition coefficient (Wildman–Crippen LogP) is 3.29. The standard InChI is InChI=1S/C13H20ClFN2/c1-13(2,3)8-11(17-16)6-9-4-5-10(15)7-12(9)14/h4-5,7,11,17H,6,8,16H2,1-3H3. The van der Waals surface area contributed by atoms with E-state index in [9.17, 15) is 4.39 Å². The van der Waals surface area contributed by atoms with E-state index in [1.807, 2.05) is 0 Å². The lowest BCUT2D eigenvalue weighted by Crippen LogP contribution is -2.39. The number of benzene rings is 1. The smallest absolute Gasteiger partial charge is 0.124 e. The summed E-state index contributed by atoms with van der Waals surface area (Å²) >= 11 is 5.99. The zero-order chi connectivity index (χ0) is 13.1. The molecule has 4 heteroatoms. The molecular formula is C13H20ClFN2. The molecule has 0 bridgehead atoms. The molecule has 1 aromatic carbocycles. The molecule has 96 valence electrons. The van der Waals surface area contributed by atoms with Crippen LogP contribution in [0.2, 0.25) is 5.02 Å². The van der Waals surface area contributed by atoms with Gasteiger partial charge in [-0.3, -0.25) is 11.3 Å². The largest absolute Gasteiger partial charge is 0.271 e. The summed E-state index contributed by atoms with van der Waals surface area (Å²) in [6.45, 7) is 6.47. The van der Waals surface area contributed by atoms with Crippen LogP contribution in [0.1, 0.15) is 32.8 Å². The van der Waals surface area contributed by atoms with Gasteiger partial charge in [0.1, 0.15) is 5.82 Å². The normalized spacial score (nSPS) is 13.8. The van der Waals surface area contributed by atoms with E-state index in [0.717, 1.165) is 12.0 Å². The van der Waals surface area contributed by atoms with Crippen LogP contribution in [0.4, 0.5) is 4.39 Å².